The quantitative estimate of drug-likeness (QED) is 0.336. The highest BCUT2D eigenvalue weighted by atomic mass is 35.5. The third-order valence-corrected chi connectivity index (χ3v) is 5.41. The third kappa shape index (κ3) is 4.85. The van der Waals surface area contributed by atoms with Crippen LogP contribution < -0.4 is 15.0 Å². The van der Waals surface area contributed by atoms with Gasteiger partial charge in [0.05, 0.1) is 42.2 Å². The first-order valence-corrected chi connectivity index (χ1v) is 10.6. The lowest BCUT2D eigenvalue weighted by Crippen LogP contribution is -2.38. The van der Waals surface area contributed by atoms with Crippen LogP contribution in [0.25, 0.3) is 0 Å². The zero-order valence-corrected chi connectivity index (χ0v) is 18.8. The van der Waals surface area contributed by atoms with E-state index in [2.05, 4.69) is 20.3 Å². The predicted molar refractivity (Wildman–Crippen MR) is 127 cm³/mol. The molecule has 0 fully saturated rings. The Morgan fingerprint density at radius 3 is 2.71 bits per heavy atom. The van der Waals surface area contributed by atoms with Gasteiger partial charge in [-0.3, -0.25) is 9.69 Å². The van der Waals surface area contributed by atoms with Crippen LogP contribution in [-0.4, -0.2) is 39.7 Å². The second kappa shape index (κ2) is 10.3. The molecule has 0 aliphatic carbocycles. The highest BCUT2D eigenvalue weighted by Gasteiger charge is 2.31. The van der Waals surface area contributed by atoms with Crippen LogP contribution in [0, 0.1) is 5.82 Å². The molecule has 1 atom stereocenters. The molecule has 0 saturated carbocycles. The van der Waals surface area contributed by atoms with E-state index in [0.717, 1.165) is 6.07 Å². The number of rotatable bonds is 8. The lowest BCUT2D eigenvalue weighted by Gasteiger charge is -2.31. The van der Waals surface area contributed by atoms with Crippen LogP contribution in [0.1, 0.15) is 22.0 Å². The molecule has 4 rings (SSSR count). The molecule has 0 spiro atoms. The van der Waals surface area contributed by atoms with E-state index < -0.39 is 17.8 Å². The van der Waals surface area contributed by atoms with Gasteiger partial charge in [-0.2, -0.15) is 4.98 Å². The molecule has 1 unspecified atom stereocenters. The topological polar surface area (TPSA) is 103 Å². The van der Waals surface area contributed by atoms with Gasteiger partial charge in [-0.15, -0.1) is 0 Å². The van der Waals surface area contributed by atoms with Crippen molar-refractivity contribution in [1.82, 2.24) is 15.0 Å². The number of aromatic nitrogens is 3. The standard InChI is InChI=1S/C24H21ClFN5O3/c1-34-21-13-28-24(29-19-8-7-17(26)11-18(19)25)30-22(21)31(23(33)16-9-10-27-12-16)20(14-32)15-5-3-2-4-6-15/h2-13,20,27,32H,14H2,1H3,(H,28,29,30). The highest BCUT2D eigenvalue weighted by Crippen LogP contribution is 2.35. The normalized spacial score (nSPS) is 11.6. The second-order valence-corrected chi connectivity index (χ2v) is 7.63. The Morgan fingerprint density at radius 1 is 1.26 bits per heavy atom. The van der Waals surface area contributed by atoms with Gasteiger partial charge in [0, 0.05) is 12.4 Å². The molecule has 34 heavy (non-hydrogen) atoms. The van der Waals surface area contributed by atoms with Crippen LogP contribution in [0.2, 0.25) is 5.02 Å². The maximum Gasteiger partial charge on any atom is 0.261 e. The van der Waals surface area contributed by atoms with Gasteiger partial charge in [-0.05, 0) is 29.8 Å². The van der Waals surface area contributed by atoms with E-state index in [9.17, 15) is 14.3 Å². The van der Waals surface area contributed by atoms with Crippen LogP contribution in [0.4, 0.5) is 21.8 Å². The van der Waals surface area contributed by atoms with E-state index in [1.807, 2.05) is 30.3 Å². The summed E-state index contributed by atoms with van der Waals surface area (Å²) in [5, 5.41) is 13.4. The number of amides is 1. The molecule has 10 heteroatoms. The molecule has 3 N–H and O–H groups in total. The van der Waals surface area contributed by atoms with Crippen molar-refractivity contribution >= 4 is 35.0 Å². The van der Waals surface area contributed by atoms with Gasteiger partial charge < -0.3 is 20.1 Å². The van der Waals surface area contributed by atoms with E-state index in [1.165, 1.54) is 30.3 Å². The highest BCUT2D eigenvalue weighted by molar-refractivity contribution is 6.33. The van der Waals surface area contributed by atoms with Crippen molar-refractivity contribution in [3.63, 3.8) is 0 Å². The molecule has 2 aromatic heterocycles. The molecule has 0 saturated heterocycles. The first-order chi connectivity index (χ1) is 16.5. The number of hydrogen-bond donors (Lipinski definition) is 3. The molecule has 2 aromatic carbocycles. The van der Waals surface area contributed by atoms with Crippen molar-refractivity contribution in [2.75, 3.05) is 23.9 Å². The lowest BCUT2D eigenvalue weighted by atomic mass is 10.0. The third-order valence-electron chi connectivity index (χ3n) is 5.09. The van der Waals surface area contributed by atoms with Crippen LogP contribution in [-0.2, 0) is 0 Å². The molecule has 1 amide bonds. The zero-order valence-electron chi connectivity index (χ0n) is 18.1. The smallest absolute Gasteiger partial charge is 0.261 e. The molecule has 8 nitrogen and oxygen atoms in total. The van der Waals surface area contributed by atoms with E-state index in [1.54, 1.807) is 18.5 Å². The van der Waals surface area contributed by atoms with Crippen molar-refractivity contribution in [1.29, 1.82) is 0 Å². The van der Waals surface area contributed by atoms with Crippen LogP contribution in [0.15, 0.2) is 73.2 Å². The average Bonchev–Trinajstić information content (AvgIpc) is 3.39. The number of nitrogens with zero attached hydrogens (tertiary/aromatic N) is 3. The largest absolute Gasteiger partial charge is 0.491 e. The number of hydrogen-bond acceptors (Lipinski definition) is 6. The van der Waals surface area contributed by atoms with Crippen molar-refractivity contribution in [3.05, 3.63) is 95.2 Å². The summed E-state index contributed by atoms with van der Waals surface area (Å²) in [5.74, 6) is -0.446. The predicted octanol–water partition coefficient (Wildman–Crippen LogP) is 4.73. The summed E-state index contributed by atoms with van der Waals surface area (Å²) in [6.45, 7) is -0.375. The van der Waals surface area contributed by atoms with Crippen molar-refractivity contribution in [2.24, 2.45) is 0 Å². The molecule has 2 heterocycles. The lowest BCUT2D eigenvalue weighted by molar-refractivity contribution is 0.0961. The molecule has 0 aliphatic heterocycles. The number of methoxy groups -OCH3 is 1. The van der Waals surface area contributed by atoms with Gasteiger partial charge in [-0.1, -0.05) is 41.9 Å². The monoisotopic (exact) mass is 481 g/mol. The van der Waals surface area contributed by atoms with Crippen molar-refractivity contribution in [3.8, 4) is 5.75 Å². The molecule has 0 radical (unpaired) electrons. The van der Waals surface area contributed by atoms with E-state index in [4.69, 9.17) is 16.3 Å². The molecule has 0 aliphatic rings. The van der Waals surface area contributed by atoms with Gasteiger partial charge in [0.2, 0.25) is 5.95 Å². The summed E-state index contributed by atoms with van der Waals surface area (Å²) in [4.78, 5) is 26.6. The Balaban J connectivity index is 1.82. The fourth-order valence-electron chi connectivity index (χ4n) is 3.44. The Kier molecular flexibility index (Phi) is 7.05. The average molecular weight is 482 g/mol. The molecule has 174 valence electrons. The van der Waals surface area contributed by atoms with Gasteiger partial charge >= 0.3 is 0 Å². The van der Waals surface area contributed by atoms with Crippen LogP contribution in [0.3, 0.4) is 0 Å². The maximum atomic E-state index is 13.6. The number of carbonyl (C=O) groups is 1. The minimum atomic E-state index is -0.769. The number of ether oxygens (including phenoxy) is 1. The van der Waals surface area contributed by atoms with E-state index >= 15 is 0 Å². The summed E-state index contributed by atoms with van der Waals surface area (Å²) < 4.78 is 18.9. The van der Waals surface area contributed by atoms with Crippen molar-refractivity contribution in [2.45, 2.75) is 6.04 Å². The first-order valence-electron chi connectivity index (χ1n) is 10.3. The molecular weight excluding hydrogens is 461 g/mol. The van der Waals surface area contributed by atoms with E-state index in [0.29, 0.717) is 16.8 Å². The maximum absolute atomic E-state index is 13.6. The Bertz CT molecular complexity index is 1270. The fraction of sp³-hybridized carbons (Fsp3) is 0.125. The van der Waals surface area contributed by atoms with Crippen LogP contribution in [0.5, 0.6) is 5.75 Å². The summed E-state index contributed by atoms with van der Waals surface area (Å²) in [5.41, 5.74) is 1.45. The number of halogens is 2. The number of anilines is 3. The molecular formula is C24H21ClFN5O3. The minimum absolute atomic E-state index is 0.0981. The number of nitrogens with one attached hydrogen (secondary N) is 2. The number of aromatic amines is 1. The number of aliphatic hydroxyl groups is 1. The minimum Gasteiger partial charge on any atom is -0.491 e. The zero-order chi connectivity index (χ0) is 24.1. The Labute approximate surface area is 200 Å². The van der Waals surface area contributed by atoms with Gasteiger partial charge in [0.15, 0.2) is 11.6 Å². The van der Waals surface area contributed by atoms with E-state index in [-0.39, 0.29) is 29.1 Å². The van der Waals surface area contributed by atoms with Gasteiger partial charge in [0.1, 0.15) is 5.82 Å². The van der Waals surface area contributed by atoms with Gasteiger partial charge in [0.25, 0.3) is 5.91 Å². The number of H-pyrrole nitrogens is 1. The molecule has 4 aromatic rings. The summed E-state index contributed by atoms with van der Waals surface area (Å²) in [6, 6.07) is 13.8. The number of benzene rings is 2. The van der Waals surface area contributed by atoms with Crippen molar-refractivity contribution < 1.29 is 19.0 Å². The Morgan fingerprint density at radius 2 is 2.06 bits per heavy atom. The number of aliphatic hydroxyl groups excluding tert-OH is 1. The summed E-state index contributed by atoms with van der Waals surface area (Å²) in [6.07, 6.45) is 4.58. The summed E-state index contributed by atoms with van der Waals surface area (Å²) >= 11 is 6.13. The second-order valence-electron chi connectivity index (χ2n) is 7.22. The summed E-state index contributed by atoms with van der Waals surface area (Å²) in [7, 11) is 1.43. The SMILES string of the molecule is COc1cnc(Nc2ccc(F)cc2Cl)nc1N(C(=O)c1cc[nH]c1)C(CO)c1ccccc1. The fourth-order valence-corrected chi connectivity index (χ4v) is 3.66. The first kappa shape index (κ1) is 23.2. The molecule has 0 bridgehead atoms. The van der Waals surface area contributed by atoms with Gasteiger partial charge in [-0.25, -0.2) is 9.37 Å². The van der Waals surface area contributed by atoms with Crippen LogP contribution >= 0.6 is 11.6 Å². The number of carbonyl (C=O) groups excluding carboxylic acids is 1. The Hall–Kier alpha value is -3.95.